The van der Waals surface area contributed by atoms with E-state index in [0.29, 0.717) is 48.4 Å². The van der Waals surface area contributed by atoms with Crippen molar-refractivity contribution in [3.05, 3.63) is 65.2 Å². The van der Waals surface area contributed by atoms with Gasteiger partial charge in [-0.15, -0.1) is 0 Å². The molecule has 11 nitrogen and oxygen atoms in total. The Morgan fingerprint density at radius 3 is 1.88 bits per heavy atom. The summed E-state index contributed by atoms with van der Waals surface area (Å²) in [6.45, 7) is 7.56. The molecule has 41 heavy (non-hydrogen) atoms. The zero-order valence-electron chi connectivity index (χ0n) is 24.0. The molecule has 1 aliphatic heterocycles. The van der Waals surface area contributed by atoms with Crippen molar-refractivity contribution in [1.29, 1.82) is 0 Å². The average Bonchev–Trinajstić information content (AvgIpc) is 3.19. The Hall–Kier alpha value is -2.36. The number of phosphoric acid groups is 1. The lowest BCUT2D eigenvalue weighted by Crippen LogP contribution is -2.30. The van der Waals surface area contributed by atoms with Gasteiger partial charge in [0.15, 0.2) is 5.85 Å². The lowest BCUT2D eigenvalue weighted by molar-refractivity contribution is 0.0650. The number of hydrogen-bond acceptors (Lipinski definition) is 10. The molecule has 13 heteroatoms. The zero-order chi connectivity index (χ0) is 29.9. The molecule has 1 atom stereocenters. The van der Waals surface area contributed by atoms with Gasteiger partial charge in [-0.25, -0.2) is 4.57 Å². The summed E-state index contributed by atoms with van der Waals surface area (Å²) in [5.41, 5.74) is 1.25. The SMILES string of the molecule is CCOP(=O)(OCC)OC(c1cccc(OCCCCCN2C(=O)c3ccccc3C2=O)c1)P(=O)(OCC)OCC. The minimum atomic E-state index is -4.10. The third kappa shape index (κ3) is 8.58. The quantitative estimate of drug-likeness (QED) is 0.0931. The molecule has 226 valence electrons. The first-order chi connectivity index (χ1) is 19.7. The summed E-state index contributed by atoms with van der Waals surface area (Å²) in [5, 5.41) is 0. The zero-order valence-corrected chi connectivity index (χ0v) is 25.8. The van der Waals surface area contributed by atoms with Gasteiger partial charge in [-0.2, -0.15) is 0 Å². The molecule has 1 heterocycles. The molecule has 0 aliphatic carbocycles. The molecule has 1 unspecified atom stereocenters. The molecule has 0 N–H and O–H groups in total. The lowest BCUT2D eigenvalue weighted by atomic mass is 10.1. The number of carbonyl (C=O) groups is 2. The van der Waals surface area contributed by atoms with Gasteiger partial charge < -0.3 is 13.8 Å². The number of nitrogens with zero attached hydrogens (tertiary/aromatic N) is 1. The molecule has 0 bridgehead atoms. The Labute approximate surface area is 241 Å². The van der Waals surface area contributed by atoms with Crippen molar-refractivity contribution in [1.82, 2.24) is 4.90 Å². The van der Waals surface area contributed by atoms with Crippen LogP contribution in [0.15, 0.2) is 48.5 Å². The van der Waals surface area contributed by atoms with Gasteiger partial charge in [0.25, 0.3) is 11.8 Å². The van der Waals surface area contributed by atoms with E-state index < -0.39 is 21.3 Å². The monoisotopic (exact) mass is 611 g/mol. The Morgan fingerprint density at radius 1 is 0.732 bits per heavy atom. The van der Waals surface area contributed by atoms with Gasteiger partial charge in [-0.3, -0.25) is 32.6 Å². The largest absolute Gasteiger partial charge is 0.494 e. The fourth-order valence-electron chi connectivity index (χ4n) is 4.31. The minimum absolute atomic E-state index is 0.0493. The number of carbonyl (C=O) groups excluding carboxylic acids is 2. The van der Waals surface area contributed by atoms with Crippen molar-refractivity contribution < 1.29 is 46.1 Å². The standard InChI is InChI=1S/C28H39NO10P2/c1-5-35-40(32,36-6-2)28(39-41(33,37-7-3)38-8-4)22-15-14-16-23(21-22)34-20-13-9-12-19-29-26(30)24-17-10-11-18-25(24)27(29)31/h10-11,14-18,21,28H,5-9,12-13,19-20H2,1-4H3. The van der Waals surface area contributed by atoms with E-state index in [4.69, 9.17) is 27.4 Å². The number of rotatable bonds is 19. The molecule has 2 amide bonds. The highest BCUT2D eigenvalue weighted by molar-refractivity contribution is 7.55. The second-order valence-corrected chi connectivity index (χ2v) is 12.6. The maximum absolute atomic E-state index is 13.8. The number of fused-ring (bicyclic) bond motifs is 1. The van der Waals surface area contributed by atoms with Crippen LogP contribution >= 0.6 is 15.4 Å². The van der Waals surface area contributed by atoms with Gasteiger partial charge in [0.2, 0.25) is 0 Å². The maximum atomic E-state index is 13.8. The fourth-order valence-corrected chi connectivity index (χ4v) is 7.90. The molecule has 2 aromatic rings. The van der Waals surface area contributed by atoms with Crippen LogP contribution in [0.2, 0.25) is 0 Å². The molecule has 0 saturated heterocycles. The van der Waals surface area contributed by atoms with E-state index in [-0.39, 0.29) is 38.2 Å². The molecule has 0 saturated carbocycles. The van der Waals surface area contributed by atoms with E-state index >= 15 is 0 Å². The summed E-state index contributed by atoms with van der Waals surface area (Å²) in [5.74, 6) is -1.44. The molecule has 0 radical (unpaired) electrons. The van der Waals surface area contributed by atoms with E-state index in [1.807, 2.05) is 0 Å². The van der Waals surface area contributed by atoms with Crippen LogP contribution in [0.4, 0.5) is 0 Å². The molecule has 2 aromatic carbocycles. The number of hydrogen-bond donors (Lipinski definition) is 0. The van der Waals surface area contributed by atoms with E-state index in [1.54, 1.807) is 76.2 Å². The Balaban J connectivity index is 1.63. The van der Waals surface area contributed by atoms with Crippen LogP contribution in [-0.2, 0) is 31.7 Å². The van der Waals surface area contributed by atoms with E-state index in [1.165, 1.54) is 4.90 Å². The van der Waals surface area contributed by atoms with E-state index in [9.17, 15) is 18.7 Å². The van der Waals surface area contributed by atoms with Crippen LogP contribution in [0, 0.1) is 0 Å². The summed E-state index contributed by atoms with van der Waals surface area (Å²) in [6.07, 6.45) is 2.04. The highest BCUT2D eigenvalue weighted by Crippen LogP contribution is 2.67. The normalized spacial score (nSPS) is 14.4. The van der Waals surface area contributed by atoms with E-state index in [0.717, 1.165) is 6.42 Å². The molecule has 0 fully saturated rings. The van der Waals surface area contributed by atoms with Crippen molar-refractivity contribution in [2.75, 3.05) is 39.6 Å². The number of imide groups is 1. The van der Waals surface area contributed by atoms with Crippen LogP contribution in [0.3, 0.4) is 0 Å². The Kier molecular flexibility index (Phi) is 12.7. The number of benzene rings is 2. The molecular formula is C28H39NO10P2. The highest BCUT2D eigenvalue weighted by atomic mass is 31.2. The summed E-state index contributed by atoms with van der Waals surface area (Å²) in [6, 6.07) is 13.5. The average molecular weight is 612 g/mol. The summed E-state index contributed by atoms with van der Waals surface area (Å²) < 4.78 is 60.3. The van der Waals surface area contributed by atoms with Crippen molar-refractivity contribution in [3.8, 4) is 5.75 Å². The second-order valence-electron chi connectivity index (χ2n) is 8.91. The Bertz CT molecular complexity index is 1210. The first-order valence-corrected chi connectivity index (χ1v) is 16.9. The van der Waals surface area contributed by atoms with Crippen molar-refractivity contribution in [3.63, 3.8) is 0 Å². The molecule has 1 aliphatic rings. The third-order valence-corrected chi connectivity index (χ3v) is 10.0. The first kappa shape index (κ1) is 33.1. The highest BCUT2D eigenvalue weighted by Gasteiger charge is 2.44. The van der Waals surface area contributed by atoms with Crippen LogP contribution in [0.1, 0.15) is 79.1 Å². The van der Waals surface area contributed by atoms with Crippen molar-refractivity contribution >= 4 is 27.2 Å². The minimum Gasteiger partial charge on any atom is -0.494 e. The maximum Gasteiger partial charge on any atom is 0.475 e. The number of ether oxygens (including phenoxy) is 1. The molecular weight excluding hydrogens is 572 g/mol. The number of unbranched alkanes of at least 4 members (excludes halogenated alkanes) is 2. The van der Waals surface area contributed by atoms with Gasteiger partial charge in [0.1, 0.15) is 5.75 Å². The smallest absolute Gasteiger partial charge is 0.475 e. The fraction of sp³-hybridized carbons (Fsp3) is 0.500. The van der Waals surface area contributed by atoms with Gasteiger partial charge in [-0.1, -0.05) is 24.3 Å². The molecule has 0 spiro atoms. The topological polar surface area (TPSA) is 127 Å². The van der Waals surface area contributed by atoms with Crippen molar-refractivity contribution in [2.24, 2.45) is 0 Å². The summed E-state index contributed by atoms with van der Waals surface area (Å²) in [7, 11) is -8.06. The first-order valence-electron chi connectivity index (χ1n) is 13.9. The van der Waals surface area contributed by atoms with Gasteiger partial charge in [0, 0.05) is 6.54 Å². The summed E-state index contributed by atoms with van der Waals surface area (Å²) >= 11 is 0. The van der Waals surface area contributed by atoms with Gasteiger partial charge in [0.05, 0.1) is 44.2 Å². The van der Waals surface area contributed by atoms with Crippen LogP contribution in [0.5, 0.6) is 5.75 Å². The van der Waals surface area contributed by atoms with Crippen molar-refractivity contribution in [2.45, 2.75) is 52.8 Å². The van der Waals surface area contributed by atoms with Crippen LogP contribution < -0.4 is 4.74 Å². The van der Waals surface area contributed by atoms with Gasteiger partial charge in [-0.05, 0) is 76.8 Å². The van der Waals surface area contributed by atoms with Crippen LogP contribution in [-0.4, -0.2) is 56.3 Å². The predicted octanol–water partition coefficient (Wildman–Crippen LogP) is 6.99. The Morgan fingerprint density at radius 2 is 1.32 bits per heavy atom. The molecule has 3 rings (SSSR count). The third-order valence-electron chi connectivity index (χ3n) is 6.02. The second kappa shape index (κ2) is 15.8. The number of amides is 2. The lowest BCUT2D eigenvalue weighted by Gasteiger charge is -2.29. The molecule has 0 aromatic heterocycles. The number of phosphoric ester groups is 1. The van der Waals surface area contributed by atoms with Gasteiger partial charge >= 0.3 is 15.4 Å². The van der Waals surface area contributed by atoms with E-state index in [2.05, 4.69) is 0 Å². The van der Waals surface area contributed by atoms with Crippen LogP contribution in [0.25, 0.3) is 0 Å². The predicted molar refractivity (Wildman–Crippen MR) is 153 cm³/mol. The summed E-state index contributed by atoms with van der Waals surface area (Å²) in [4.78, 5) is 26.3.